The number of rotatable bonds is 6. The lowest BCUT2D eigenvalue weighted by Crippen LogP contribution is -2.35. The van der Waals surface area contributed by atoms with Crippen LogP contribution in [0.5, 0.6) is 0 Å². The van der Waals surface area contributed by atoms with Gasteiger partial charge in [-0.2, -0.15) is 0 Å². The van der Waals surface area contributed by atoms with Crippen LogP contribution in [0.25, 0.3) is 0 Å². The molecular formula is C18H26N2O3. The van der Waals surface area contributed by atoms with Crippen LogP contribution in [0.15, 0.2) is 24.3 Å². The molecule has 1 heterocycles. The van der Waals surface area contributed by atoms with Gasteiger partial charge in [-0.1, -0.05) is 13.8 Å². The van der Waals surface area contributed by atoms with Gasteiger partial charge in [0.05, 0.1) is 6.10 Å². The zero-order chi connectivity index (χ0) is 16.8. The fourth-order valence-corrected chi connectivity index (χ4v) is 2.64. The number of benzene rings is 1. The van der Waals surface area contributed by atoms with Crippen LogP contribution in [0.3, 0.4) is 0 Å². The van der Waals surface area contributed by atoms with Gasteiger partial charge in [0.15, 0.2) is 0 Å². The Bertz CT molecular complexity index is 540. The Morgan fingerprint density at radius 3 is 2.57 bits per heavy atom. The monoisotopic (exact) mass is 318 g/mol. The summed E-state index contributed by atoms with van der Waals surface area (Å²) in [6.07, 6.45) is 2.72. The Morgan fingerprint density at radius 1 is 1.26 bits per heavy atom. The van der Waals surface area contributed by atoms with Gasteiger partial charge >= 0.3 is 0 Å². The molecule has 1 aliphatic heterocycles. The number of nitrogens with one attached hydrogen (secondary N) is 1. The molecule has 1 aromatic rings. The third kappa shape index (κ3) is 4.79. The van der Waals surface area contributed by atoms with Crippen molar-refractivity contribution >= 4 is 17.5 Å². The van der Waals surface area contributed by atoms with Crippen molar-refractivity contribution in [3.8, 4) is 0 Å². The van der Waals surface area contributed by atoms with E-state index in [2.05, 4.69) is 5.32 Å². The zero-order valence-corrected chi connectivity index (χ0v) is 13.9. The summed E-state index contributed by atoms with van der Waals surface area (Å²) in [4.78, 5) is 25.8. The quantitative estimate of drug-likeness (QED) is 0.846. The molecule has 2 amide bonds. The van der Waals surface area contributed by atoms with E-state index in [-0.39, 0.29) is 17.7 Å². The highest BCUT2D eigenvalue weighted by atomic mass is 16.3. The Morgan fingerprint density at radius 2 is 1.96 bits per heavy atom. The van der Waals surface area contributed by atoms with Gasteiger partial charge in [0, 0.05) is 30.8 Å². The van der Waals surface area contributed by atoms with Crippen LogP contribution in [0.1, 0.15) is 49.9 Å². The van der Waals surface area contributed by atoms with Crippen molar-refractivity contribution in [2.45, 2.75) is 45.6 Å². The number of hydrogen-bond donors (Lipinski definition) is 2. The van der Waals surface area contributed by atoms with E-state index in [9.17, 15) is 14.7 Å². The lowest BCUT2D eigenvalue weighted by atomic mass is 10.0. The minimum Gasteiger partial charge on any atom is -0.393 e. The van der Waals surface area contributed by atoms with Crippen molar-refractivity contribution in [3.63, 3.8) is 0 Å². The number of carbonyl (C=O) groups excluding carboxylic acids is 2. The Hall–Kier alpha value is -1.88. The maximum absolute atomic E-state index is 12.1. The number of amides is 2. The number of anilines is 1. The minimum absolute atomic E-state index is 0.149. The van der Waals surface area contributed by atoms with E-state index < -0.39 is 6.10 Å². The van der Waals surface area contributed by atoms with Crippen molar-refractivity contribution in [1.82, 2.24) is 5.32 Å². The maximum Gasteiger partial charge on any atom is 0.251 e. The molecule has 1 fully saturated rings. The van der Waals surface area contributed by atoms with Crippen LogP contribution in [0.2, 0.25) is 0 Å². The number of aliphatic hydroxyl groups excluding tert-OH is 1. The first-order chi connectivity index (χ1) is 11.0. The number of aliphatic hydroxyl groups is 1. The van der Waals surface area contributed by atoms with E-state index >= 15 is 0 Å². The topological polar surface area (TPSA) is 69.6 Å². The summed E-state index contributed by atoms with van der Waals surface area (Å²) in [6, 6.07) is 7.12. The van der Waals surface area contributed by atoms with Crippen molar-refractivity contribution < 1.29 is 14.7 Å². The number of hydrogen-bond acceptors (Lipinski definition) is 3. The van der Waals surface area contributed by atoms with Gasteiger partial charge in [-0.25, -0.2) is 0 Å². The molecule has 0 radical (unpaired) electrons. The molecule has 1 aliphatic rings. The molecule has 0 bridgehead atoms. The van der Waals surface area contributed by atoms with E-state index in [1.807, 2.05) is 26.0 Å². The summed E-state index contributed by atoms with van der Waals surface area (Å²) in [7, 11) is 0. The molecule has 1 saturated heterocycles. The standard InChI is InChI=1S/C18H26N2O3/c1-13(2)16(21)10-11-19-18(23)14-6-8-15(9-7-14)20-12-4-3-5-17(20)22/h6-9,13,16,21H,3-5,10-12H2,1-2H3,(H,19,23). The summed E-state index contributed by atoms with van der Waals surface area (Å²) in [6.45, 7) is 5.10. The molecule has 23 heavy (non-hydrogen) atoms. The largest absolute Gasteiger partial charge is 0.393 e. The summed E-state index contributed by atoms with van der Waals surface area (Å²) in [5, 5.41) is 12.5. The second-order valence-corrected chi connectivity index (χ2v) is 6.41. The second-order valence-electron chi connectivity index (χ2n) is 6.41. The van der Waals surface area contributed by atoms with Crippen LogP contribution in [0.4, 0.5) is 5.69 Å². The molecule has 1 aromatic carbocycles. The zero-order valence-electron chi connectivity index (χ0n) is 13.9. The van der Waals surface area contributed by atoms with Gasteiger partial charge in [0.25, 0.3) is 5.91 Å². The molecule has 126 valence electrons. The normalized spacial score (nSPS) is 16.5. The van der Waals surface area contributed by atoms with Gasteiger partial charge in [-0.15, -0.1) is 0 Å². The first-order valence-electron chi connectivity index (χ1n) is 8.35. The molecule has 5 nitrogen and oxygen atoms in total. The molecule has 2 N–H and O–H groups in total. The third-order valence-corrected chi connectivity index (χ3v) is 4.26. The molecule has 0 aromatic heterocycles. The maximum atomic E-state index is 12.1. The predicted molar refractivity (Wildman–Crippen MR) is 90.4 cm³/mol. The highest BCUT2D eigenvalue weighted by molar-refractivity contribution is 5.96. The van der Waals surface area contributed by atoms with Gasteiger partial charge in [0.1, 0.15) is 0 Å². The van der Waals surface area contributed by atoms with E-state index in [4.69, 9.17) is 0 Å². The smallest absolute Gasteiger partial charge is 0.251 e. The fourth-order valence-electron chi connectivity index (χ4n) is 2.64. The first kappa shape index (κ1) is 17.5. The van der Waals surface area contributed by atoms with E-state index in [0.717, 1.165) is 25.1 Å². The number of nitrogens with zero attached hydrogens (tertiary/aromatic N) is 1. The molecule has 2 rings (SSSR count). The average molecular weight is 318 g/mol. The summed E-state index contributed by atoms with van der Waals surface area (Å²) in [5.74, 6) is 0.182. The van der Waals surface area contributed by atoms with Gasteiger partial charge in [-0.05, 0) is 49.4 Å². The summed E-state index contributed by atoms with van der Waals surface area (Å²) in [5.41, 5.74) is 1.42. The van der Waals surface area contributed by atoms with Crippen molar-refractivity contribution in [2.75, 3.05) is 18.0 Å². The number of piperidine rings is 1. The fraction of sp³-hybridized carbons (Fsp3) is 0.556. The van der Waals surface area contributed by atoms with Crippen LogP contribution >= 0.6 is 0 Å². The lowest BCUT2D eigenvalue weighted by Gasteiger charge is -2.26. The summed E-state index contributed by atoms with van der Waals surface area (Å²) >= 11 is 0. The summed E-state index contributed by atoms with van der Waals surface area (Å²) < 4.78 is 0. The molecule has 1 unspecified atom stereocenters. The third-order valence-electron chi connectivity index (χ3n) is 4.26. The average Bonchev–Trinajstić information content (AvgIpc) is 2.55. The highest BCUT2D eigenvalue weighted by Crippen LogP contribution is 2.21. The second kappa shape index (κ2) is 8.11. The van der Waals surface area contributed by atoms with Crippen molar-refractivity contribution in [1.29, 1.82) is 0 Å². The van der Waals surface area contributed by atoms with Crippen LogP contribution in [0, 0.1) is 5.92 Å². The van der Waals surface area contributed by atoms with Gasteiger partial charge < -0.3 is 15.3 Å². The predicted octanol–water partition coefficient (Wildman–Crippen LogP) is 2.34. The highest BCUT2D eigenvalue weighted by Gasteiger charge is 2.19. The van der Waals surface area contributed by atoms with E-state index in [1.54, 1.807) is 17.0 Å². The minimum atomic E-state index is -0.400. The Kier molecular flexibility index (Phi) is 6.16. The van der Waals surface area contributed by atoms with E-state index in [0.29, 0.717) is 24.9 Å². The lowest BCUT2D eigenvalue weighted by molar-refractivity contribution is -0.119. The SMILES string of the molecule is CC(C)C(O)CCNC(=O)c1ccc(N2CCCCC2=O)cc1. The number of carbonyl (C=O) groups is 2. The van der Waals surface area contributed by atoms with Gasteiger partial charge in [0.2, 0.25) is 5.91 Å². The Labute approximate surface area is 137 Å². The molecule has 1 atom stereocenters. The molecule has 0 spiro atoms. The van der Waals surface area contributed by atoms with Crippen LogP contribution in [-0.4, -0.2) is 36.1 Å². The van der Waals surface area contributed by atoms with Gasteiger partial charge in [-0.3, -0.25) is 9.59 Å². The molecular weight excluding hydrogens is 292 g/mol. The molecule has 0 saturated carbocycles. The molecule has 5 heteroatoms. The van der Waals surface area contributed by atoms with Crippen molar-refractivity contribution in [2.24, 2.45) is 5.92 Å². The van der Waals surface area contributed by atoms with Crippen LogP contribution < -0.4 is 10.2 Å². The first-order valence-corrected chi connectivity index (χ1v) is 8.35. The van der Waals surface area contributed by atoms with Crippen molar-refractivity contribution in [3.05, 3.63) is 29.8 Å². The molecule has 0 aliphatic carbocycles. The van der Waals surface area contributed by atoms with E-state index in [1.165, 1.54) is 0 Å². The van der Waals surface area contributed by atoms with Crippen LogP contribution in [-0.2, 0) is 4.79 Å². The Balaban J connectivity index is 1.88.